The van der Waals surface area contributed by atoms with E-state index < -0.39 is 11.2 Å². The molecule has 0 radical (unpaired) electrons. The number of nitrogens with zero attached hydrogens (tertiary/aromatic N) is 1. The second-order valence-electron chi connectivity index (χ2n) is 10.3. The summed E-state index contributed by atoms with van der Waals surface area (Å²) in [7, 11) is 2.16. The highest BCUT2D eigenvalue weighted by Crippen LogP contribution is 2.43. The zero-order valence-corrected chi connectivity index (χ0v) is 24.4. The monoisotopic (exact) mass is 532 g/mol. The van der Waals surface area contributed by atoms with Crippen molar-refractivity contribution in [2.75, 3.05) is 23.8 Å². The molecule has 0 aliphatic carbocycles. The van der Waals surface area contributed by atoms with Crippen molar-refractivity contribution in [2.45, 2.75) is 119 Å². The predicted molar refractivity (Wildman–Crippen MR) is 161 cm³/mol. The van der Waals surface area contributed by atoms with Crippen LogP contribution in [0.25, 0.3) is 0 Å². The zero-order chi connectivity index (χ0) is 24.7. The van der Waals surface area contributed by atoms with E-state index in [9.17, 15) is 4.55 Å². The molecule has 202 valence electrons. The zero-order valence-electron chi connectivity index (χ0n) is 22.7. The first-order chi connectivity index (χ1) is 17.2. The van der Waals surface area contributed by atoms with Gasteiger partial charge in [0, 0.05) is 24.8 Å². The maximum Gasteiger partial charge on any atom is 0.184 e. The first-order valence-electron chi connectivity index (χ1n) is 14.3. The van der Waals surface area contributed by atoms with Gasteiger partial charge in [-0.15, -0.1) is 12.4 Å². The van der Waals surface area contributed by atoms with Crippen LogP contribution in [0.3, 0.4) is 0 Å². The van der Waals surface area contributed by atoms with Crippen LogP contribution < -0.4 is 10.2 Å². The standard InChI is InChI=1S/C31H48N2OS.ClH/c1-3-4-5-6-7-8-9-10-11-12-13-14-15-16-17-20-26-33(2)28-23-21-25-30-31(28)32-27-22-18-19-24-29(27)35(30)34;/h18-19,21-25,32H,3-17,20,26H2,1-2H3;1H. The lowest BCUT2D eigenvalue weighted by Crippen LogP contribution is -2.22. The van der Waals surface area contributed by atoms with E-state index in [4.69, 9.17) is 0 Å². The molecule has 1 atom stereocenters. The number of rotatable bonds is 18. The van der Waals surface area contributed by atoms with Crippen molar-refractivity contribution in [3.05, 3.63) is 42.5 Å². The number of halogens is 1. The summed E-state index contributed by atoms with van der Waals surface area (Å²) in [6, 6.07) is 14.1. The summed E-state index contributed by atoms with van der Waals surface area (Å²) in [5, 5.41) is 3.54. The predicted octanol–water partition coefficient (Wildman–Crippen LogP) is 10.0. The molecule has 3 nitrogen and oxygen atoms in total. The van der Waals surface area contributed by atoms with Crippen LogP contribution in [0.15, 0.2) is 52.3 Å². The molecule has 1 unspecified atom stereocenters. The summed E-state index contributed by atoms with van der Waals surface area (Å²) in [5.74, 6) is 0. The van der Waals surface area contributed by atoms with E-state index in [1.54, 1.807) is 0 Å². The Morgan fingerprint density at radius 2 is 1.17 bits per heavy atom. The van der Waals surface area contributed by atoms with Gasteiger partial charge in [0.15, 0.2) is 9.79 Å². The molecule has 0 saturated heterocycles. The molecule has 1 N–H and O–H groups in total. The van der Waals surface area contributed by atoms with Crippen LogP contribution in [0, 0.1) is 0 Å². The first-order valence-corrected chi connectivity index (χ1v) is 15.5. The van der Waals surface area contributed by atoms with Crippen molar-refractivity contribution in [1.29, 1.82) is 0 Å². The normalized spacial score (nSPS) is 13.9. The number of para-hydroxylation sites is 2. The van der Waals surface area contributed by atoms with Crippen LogP contribution in [0.1, 0.15) is 110 Å². The van der Waals surface area contributed by atoms with Gasteiger partial charge in [-0.25, -0.2) is 0 Å². The molecule has 1 heterocycles. The Balaban J connectivity index is 0.00000456. The summed E-state index contributed by atoms with van der Waals surface area (Å²) >= 11 is -1.12. The Bertz CT molecular complexity index is 862. The van der Waals surface area contributed by atoms with E-state index in [0.29, 0.717) is 0 Å². The minimum Gasteiger partial charge on any atom is -0.606 e. The minimum atomic E-state index is -1.12. The molecule has 1 aliphatic heterocycles. The molecular formula is C31H49ClN2OS. The Kier molecular flexibility index (Phi) is 15.4. The molecule has 0 spiro atoms. The number of unbranched alkanes of at least 4 members (excludes halogenated alkanes) is 15. The SMILES string of the molecule is CCCCCCCCCCCCCCCCCCN(C)c1cccc2c1Nc1ccccc1[S+]2[O-].Cl. The molecule has 0 amide bonds. The van der Waals surface area contributed by atoms with Crippen molar-refractivity contribution >= 4 is 40.6 Å². The van der Waals surface area contributed by atoms with Crippen LogP contribution >= 0.6 is 12.4 Å². The van der Waals surface area contributed by atoms with Crippen LogP contribution in [-0.4, -0.2) is 18.1 Å². The van der Waals surface area contributed by atoms with Crippen molar-refractivity contribution in [3.63, 3.8) is 0 Å². The van der Waals surface area contributed by atoms with E-state index in [0.717, 1.165) is 33.4 Å². The number of hydrogen-bond acceptors (Lipinski definition) is 3. The Morgan fingerprint density at radius 1 is 0.667 bits per heavy atom. The molecule has 1 aliphatic rings. The largest absolute Gasteiger partial charge is 0.606 e. The fraction of sp³-hybridized carbons (Fsp3) is 0.613. The molecule has 0 aromatic heterocycles. The quantitative estimate of drug-likeness (QED) is 0.153. The molecule has 0 fully saturated rings. The number of fused-ring (bicyclic) bond motifs is 2. The Hall–Kier alpha value is -1.36. The Labute approximate surface area is 230 Å². The third-order valence-corrected chi connectivity index (χ3v) is 8.80. The average Bonchev–Trinajstić information content (AvgIpc) is 2.88. The molecule has 3 rings (SSSR count). The molecule has 0 bridgehead atoms. The van der Waals surface area contributed by atoms with Gasteiger partial charge in [0.2, 0.25) is 0 Å². The van der Waals surface area contributed by atoms with Crippen molar-refractivity contribution in [1.82, 2.24) is 0 Å². The summed E-state index contributed by atoms with van der Waals surface area (Å²) in [4.78, 5) is 4.08. The smallest absolute Gasteiger partial charge is 0.184 e. The average molecular weight is 533 g/mol. The first kappa shape index (κ1) is 30.9. The summed E-state index contributed by atoms with van der Waals surface area (Å²) in [5.41, 5.74) is 3.11. The second-order valence-corrected chi connectivity index (χ2v) is 11.7. The number of benzene rings is 2. The van der Waals surface area contributed by atoms with Crippen LogP contribution in [0.2, 0.25) is 0 Å². The highest BCUT2D eigenvalue weighted by molar-refractivity contribution is 7.92. The van der Waals surface area contributed by atoms with Crippen LogP contribution in [-0.2, 0) is 11.2 Å². The lowest BCUT2D eigenvalue weighted by Gasteiger charge is -2.28. The maximum atomic E-state index is 13.1. The van der Waals surface area contributed by atoms with Gasteiger partial charge in [0.05, 0.1) is 11.4 Å². The van der Waals surface area contributed by atoms with E-state index >= 15 is 0 Å². The minimum absolute atomic E-state index is 0. The fourth-order valence-electron chi connectivity index (χ4n) is 5.12. The molecular weight excluding hydrogens is 484 g/mol. The maximum absolute atomic E-state index is 13.1. The second kappa shape index (κ2) is 18.0. The van der Waals surface area contributed by atoms with E-state index in [1.165, 1.54) is 103 Å². The molecule has 36 heavy (non-hydrogen) atoms. The van der Waals surface area contributed by atoms with Gasteiger partial charge in [-0.3, -0.25) is 0 Å². The number of nitrogens with one attached hydrogen (secondary N) is 1. The topological polar surface area (TPSA) is 38.3 Å². The molecule has 2 aromatic rings. The number of anilines is 3. The summed E-state index contributed by atoms with van der Waals surface area (Å²) < 4.78 is 13.1. The van der Waals surface area contributed by atoms with Crippen LogP contribution in [0.5, 0.6) is 0 Å². The van der Waals surface area contributed by atoms with Gasteiger partial charge in [0.25, 0.3) is 0 Å². The Morgan fingerprint density at radius 3 is 1.75 bits per heavy atom. The van der Waals surface area contributed by atoms with Gasteiger partial charge in [-0.2, -0.15) is 0 Å². The van der Waals surface area contributed by atoms with E-state index in [1.807, 2.05) is 36.4 Å². The lowest BCUT2D eigenvalue weighted by atomic mass is 10.0. The van der Waals surface area contributed by atoms with Gasteiger partial charge in [-0.05, 0) is 30.7 Å². The third kappa shape index (κ3) is 9.84. The van der Waals surface area contributed by atoms with Gasteiger partial charge in [0.1, 0.15) is 5.69 Å². The van der Waals surface area contributed by atoms with Gasteiger partial charge >= 0.3 is 0 Å². The highest BCUT2D eigenvalue weighted by Gasteiger charge is 2.30. The van der Waals surface area contributed by atoms with E-state index in [-0.39, 0.29) is 12.4 Å². The van der Waals surface area contributed by atoms with Crippen molar-refractivity contribution in [2.24, 2.45) is 0 Å². The third-order valence-electron chi connectivity index (χ3n) is 7.31. The summed E-state index contributed by atoms with van der Waals surface area (Å²) in [6.45, 7) is 3.32. The van der Waals surface area contributed by atoms with Crippen molar-refractivity contribution in [3.8, 4) is 0 Å². The van der Waals surface area contributed by atoms with Crippen molar-refractivity contribution < 1.29 is 4.55 Å². The van der Waals surface area contributed by atoms with Gasteiger partial charge < -0.3 is 14.8 Å². The van der Waals surface area contributed by atoms with E-state index in [2.05, 4.69) is 30.3 Å². The summed E-state index contributed by atoms with van der Waals surface area (Å²) in [6.07, 6.45) is 22.3. The highest BCUT2D eigenvalue weighted by atomic mass is 35.5. The molecule has 5 heteroatoms. The number of hydrogen-bond donors (Lipinski definition) is 1. The molecule has 2 aromatic carbocycles. The van der Waals surface area contributed by atoms with Crippen LogP contribution in [0.4, 0.5) is 17.1 Å². The lowest BCUT2D eigenvalue weighted by molar-refractivity contribution is 0.529. The fourth-order valence-corrected chi connectivity index (χ4v) is 6.42. The van der Waals surface area contributed by atoms with Gasteiger partial charge in [-0.1, -0.05) is 121 Å². The molecule has 0 saturated carbocycles.